The highest BCUT2D eigenvalue weighted by molar-refractivity contribution is 4.85. The van der Waals surface area contributed by atoms with E-state index in [1.807, 2.05) is 27.7 Å². The molecular formula is C12H24O3. The molecule has 1 aliphatic rings. The van der Waals surface area contributed by atoms with E-state index in [4.69, 9.17) is 14.2 Å². The summed E-state index contributed by atoms with van der Waals surface area (Å²) < 4.78 is 17.1. The van der Waals surface area contributed by atoms with Crippen molar-refractivity contribution in [2.75, 3.05) is 19.8 Å². The van der Waals surface area contributed by atoms with Crippen molar-refractivity contribution in [3.05, 3.63) is 0 Å². The zero-order valence-electron chi connectivity index (χ0n) is 10.4. The molecular weight excluding hydrogens is 192 g/mol. The molecule has 0 aliphatic carbocycles. The summed E-state index contributed by atoms with van der Waals surface area (Å²) in [6, 6.07) is 0. The number of hydrogen-bond acceptors (Lipinski definition) is 3. The van der Waals surface area contributed by atoms with Crippen LogP contribution in [0.5, 0.6) is 0 Å². The largest absolute Gasteiger partial charge is 0.376 e. The Morgan fingerprint density at radius 3 is 1.93 bits per heavy atom. The van der Waals surface area contributed by atoms with Crippen LogP contribution in [0, 0.1) is 0 Å². The minimum atomic E-state index is -0.186. The van der Waals surface area contributed by atoms with E-state index in [2.05, 4.69) is 0 Å². The molecule has 3 heteroatoms. The molecule has 1 aliphatic heterocycles. The van der Waals surface area contributed by atoms with Crippen LogP contribution in [-0.2, 0) is 14.2 Å². The molecule has 1 saturated heterocycles. The van der Waals surface area contributed by atoms with Gasteiger partial charge in [-0.15, -0.1) is 0 Å². The molecule has 0 saturated carbocycles. The van der Waals surface area contributed by atoms with Crippen LogP contribution in [0.2, 0.25) is 0 Å². The van der Waals surface area contributed by atoms with Crippen LogP contribution in [0.1, 0.15) is 40.5 Å². The normalized spacial score (nSPS) is 20.4. The smallest absolute Gasteiger partial charge is 0.115 e. The van der Waals surface area contributed by atoms with Gasteiger partial charge in [0.2, 0.25) is 0 Å². The first kappa shape index (κ1) is 12.9. The summed E-state index contributed by atoms with van der Waals surface area (Å²) in [5.41, 5.74) is -0.186. The molecule has 1 rings (SSSR count). The summed E-state index contributed by atoms with van der Waals surface area (Å²) in [6.45, 7) is 10.3. The first-order valence-electron chi connectivity index (χ1n) is 5.91. The molecule has 0 aromatic rings. The maximum Gasteiger partial charge on any atom is 0.115 e. The average molecular weight is 216 g/mol. The third-order valence-corrected chi connectivity index (χ3v) is 2.54. The lowest BCUT2D eigenvalue weighted by Crippen LogP contribution is -2.40. The minimum absolute atomic E-state index is 0.186. The van der Waals surface area contributed by atoms with Crippen LogP contribution >= 0.6 is 0 Å². The van der Waals surface area contributed by atoms with E-state index in [0.29, 0.717) is 13.2 Å². The average Bonchev–Trinajstić information content (AvgIpc) is 2.61. The van der Waals surface area contributed by atoms with Gasteiger partial charge < -0.3 is 14.2 Å². The molecule has 0 atom stereocenters. The van der Waals surface area contributed by atoms with Crippen LogP contribution < -0.4 is 0 Å². The molecule has 1 heterocycles. The molecule has 0 unspecified atom stereocenters. The molecule has 1 fully saturated rings. The maximum atomic E-state index is 5.79. The monoisotopic (exact) mass is 216 g/mol. The summed E-state index contributed by atoms with van der Waals surface area (Å²) in [5, 5.41) is 0. The van der Waals surface area contributed by atoms with Crippen molar-refractivity contribution in [3.8, 4) is 0 Å². The third-order valence-electron chi connectivity index (χ3n) is 2.54. The fraction of sp³-hybridized carbons (Fsp3) is 1.00. The number of ether oxygens (including phenoxy) is 3. The molecule has 90 valence electrons. The van der Waals surface area contributed by atoms with Crippen LogP contribution in [0.25, 0.3) is 0 Å². The zero-order valence-corrected chi connectivity index (χ0v) is 10.4. The Morgan fingerprint density at radius 1 is 1.07 bits per heavy atom. The lowest BCUT2D eigenvalue weighted by atomic mass is 10.0. The van der Waals surface area contributed by atoms with Crippen LogP contribution in [0.4, 0.5) is 0 Å². The van der Waals surface area contributed by atoms with Gasteiger partial charge in [-0.3, -0.25) is 0 Å². The Morgan fingerprint density at radius 2 is 1.60 bits per heavy atom. The molecule has 0 N–H and O–H groups in total. The Balaban J connectivity index is 2.39. The summed E-state index contributed by atoms with van der Waals surface area (Å²) in [7, 11) is 0. The second-order valence-corrected chi connectivity index (χ2v) is 4.85. The molecule has 0 aromatic carbocycles. The van der Waals surface area contributed by atoms with Crippen molar-refractivity contribution in [2.24, 2.45) is 0 Å². The predicted molar refractivity (Wildman–Crippen MR) is 60.1 cm³/mol. The van der Waals surface area contributed by atoms with Gasteiger partial charge in [0, 0.05) is 6.61 Å². The predicted octanol–water partition coefficient (Wildman–Crippen LogP) is 2.39. The molecule has 0 radical (unpaired) electrons. The van der Waals surface area contributed by atoms with E-state index in [1.165, 1.54) is 0 Å². The van der Waals surface area contributed by atoms with Crippen molar-refractivity contribution in [1.82, 2.24) is 0 Å². The fourth-order valence-corrected chi connectivity index (χ4v) is 1.66. The summed E-state index contributed by atoms with van der Waals surface area (Å²) in [5.74, 6) is 0. The Kier molecular flexibility index (Phi) is 5.03. The van der Waals surface area contributed by atoms with Crippen molar-refractivity contribution >= 4 is 0 Å². The van der Waals surface area contributed by atoms with E-state index < -0.39 is 0 Å². The first-order chi connectivity index (χ1) is 7.04. The van der Waals surface area contributed by atoms with E-state index in [-0.39, 0.29) is 17.8 Å². The molecule has 3 nitrogen and oxygen atoms in total. The molecule has 0 amide bonds. The summed E-state index contributed by atoms with van der Waals surface area (Å²) >= 11 is 0. The second-order valence-electron chi connectivity index (χ2n) is 4.85. The maximum absolute atomic E-state index is 5.79. The fourth-order valence-electron chi connectivity index (χ4n) is 1.66. The van der Waals surface area contributed by atoms with Gasteiger partial charge in [-0.2, -0.15) is 0 Å². The van der Waals surface area contributed by atoms with Gasteiger partial charge in [0.15, 0.2) is 0 Å². The Labute approximate surface area is 93.1 Å². The lowest BCUT2D eigenvalue weighted by molar-refractivity contribution is -0.125. The standard InChI is InChI=1S/C12H24O3/c1-10(2)13-8-12(6-5-7-15-12)9-14-11(3)4/h10-11H,5-9H2,1-4H3. The van der Waals surface area contributed by atoms with Gasteiger partial charge in [-0.05, 0) is 40.5 Å². The number of rotatable bonds is 6. The van der Waals surface area contributed by atoms with Crippen molar-refractivity contribution in [3.63, 3.8) is 0 Å². The highest BCUT2D eigenvalue weighted by Crippen LogP contribution is 2.27. The Bertz CT molecular complexity index is 158. The highest BCUT2D eigenvalue weighted by atomic mass is 16.6. The van der Waals surface area contributed by atoms with E-state index >= 15 is 0 Å². The van der Waals surface area contributed by atoms with Gasteiger partial charge in [-0.1, -0.05) is 0 Å². The summed E-state index contributed by atoms with van der Waals surface area (Å²) in [6.07, 6.45) is 2.67. The molecule has 0 bridgehead atoms. The lowest BCUT2D eigenvalue weighted by Gasteiger charge is -2.29. The van der Waals surface area contributed by atoms with Crippen LogP contribution in [0.3, 0.4) is 0 Å². The van der Waals surface area contributed by atoms with Crippen LogP contribution in [-0.4, -0.2) is 37.6 Å². The molecule has 0 spiro atoms. The molecule has 0 aromatic heterocycles. The topological polar surface area (TPSA) is 27.7 Å². The molecule has 15 heavy (non-hydrogen) atoms. The van der Waals surface area contributed by atoms with Gasteiger partial charge in [0.1, 0.15) is 5.60 Å². The summed E-state index contributed by atoms with van der Waals surface area (Å²) in [4.78, 5) is 0. The van der Waals surface area contributed by atoms with Crippen LogP contribution in [0.15, 0.2) is 0 Å². The van der Waals surface area contributed by atoms with Gasteiger partial charge in [0.05, 0.1) is 25.4 Å². The SMILES string of the molecule is CC(C)OCC1(COC(C)C)CCCO1. The van der Waals surface area contributed by atoms with E-state index in [0.717, 1.165) is 19.4 Å². The number of hydrogen-bond donors (Lipinski definition) is 0. The van der Waals surface area contributed by atoms with Gasteiger partial charge in [0.25, 0.3) is 0 Å². The zero-order chi connectivity index (χ0) is 11.3. The first-order valence-corrected chi connectivity index (χ1v) is 5.91. The Hall–Kier alpha value is -0.120. The van der Waals surface area contributed by atoms with E-state index in [9.17, 15) is 0 Å². The van der Waals surface area contributed by atoms with Gasteiger partial charge >= 0.3 is 0 Å². The van der Waals surface area contributed by atoms with Crippen molar-refractivity contribution in [1.29, 1.82) is 0 Å². The third kappa shape index (κ3) is 4.49. The highest BCUT2D eigenvalue weighted by Gasteiger charge is 2.36. The second kappa shape index (κ2) is 5.83. The van der Waals surface area contributed by atoms with Crippen molar-refractivity contribution < 1.29 is 14.2 Å². The quantitative estimate of drug-likeness (QED) is 0.682. The minimum Gasteiger partial charge on any atom is -0.376 e. The van der Waals surface area contributed by atoms with Gasteiger partial charge in [-0.25, -0.2) is 0 Å². The van der Waals surface area contributed by atoms with Crippen molar-refractivity contribution in [2.45, 2.75) is 58.3 Å². The van der Waals surface area contributed by atoms with E-state index in [1.54, 1.807) is 0 Å².